The molecule has 1 rings (SSSR count). The van der Waals surface area contributed by atoms with Crippen LogP contribution in [0.3, 0.4) is 0 Å². The van der Waals surface area contributed by atoms with Crippen LogP contribution < -0.4 is 5.32 Å². The smallest absolute Gasteiger partial charge is 0.341 e. The van der Waals surface area contributed by atoms with Gasteiger partial charge in [-0.3, -0.25) is 4.99 Å². The van der Waals surface area contributed by atoms with E-state index in [0.29, 0.717) is 23.6 Å². The van der Waals surface area contributed by atoms with Crippen LogP contribution in [0.2, 0.25) is 0 Å². The molecule has 6 nitrogen and oxygen atoms in total. The van der Waals surface area contributed by atoms with Gasteiger partial charge in [0.2, 0.25) is 0 Å². The predicted molar refractivity (Wildman–Crippen MR) is 87.0 cm³/mol. The van der Waals surface area contributed by atoms with Crippen molar-refractivity contribution in [3.05, 3.63) is 35.8 Å². The number of furan rings is 1. The number of methoxy groups -OCH3 is 1. The lowest BCUT2D eigenvalue weighted by Crippen LogP contribution is -2.38. The molecule has 0 fully saturated rings. The Morgan fingerprint density at radius 2 is 2.32 bits per heavy atom. The molecule has 1 aromatic rings. The molecule has 0 atom stereocenters. The molecule has 0 unspecified atom stereocenters. The van der Waals surface area contributed by atoms with Crippen molar-refractivity contribution in [1.29, 1.82) is 0 Å². The fraction of sp³-hybridized carbons (Fsp3) is 0.500. The molecule has 0 spiro atoms. The van der Waals surface area contributed by atoms with Gasteiger partial charge in [-0.25, -0.2) is 4.79 Å². The highest BCUT2D eigenvalue weighted by Crippen LogP contribution is 2.15. The normalized spacial score (nSPS) is 11.2. The zero-order chi connectivity index (χ0) is 16.5. The molecule has 22 heavy (non-hydrogen) atoms. The average molecular weight is 307 g/mol. The van der Waals surface area contributed by atoms with Gasteiger partial charge in [0.25, 0.3) is 0 Å². The van der Waals surface area contributed by atoms with Crippen LogP contribution in [0.25, 0.3) is 0 Å². The number of unbranched alkanes of at least 4 members (excludes halogenated alkanes) is 1. The Labute approximate surface area is 131 Å². The van der Waals surface area contributed by atoms with Gasteiger partial charge in [-0.1, -0.05) is 6.08 Å². The third-order valence-corrected chi connectivity index (χ3v) is 3.27. The van der Waals surface area contributed by atoms with Crippen molar-refractivity contribution in [2.24, 2.45) is 4.99 Å². The Hall–Kier alpha value is -2.24. The number of allylic oxidation sites excluding steroid dienone is 1. The summed E-state index contributed by atoms with van der Waals surface area (Å²) >= 11 is 0. The molecule has 1 heterocycles. The Morgan fingerprint density at radius 1 is 1.59 bits per heavy atom. The highest BCUT2D eigenvalue weighted by Gasteiger charge is 2.15. The lowest BCUT2D eigenvalue weighted by atomic mass is 10.2. The lowest BCUT2D eigenvalue weighted by Gasteiger charge is -2.21. The number of aliphatic imine (C=N–C) groups is 1. The SMILES string of the molecule is C=CCCCN(C)C(=NC)NCc1cc(C(=O)OC)c(C)o1. The lowest BCUT2D eigenvalue weighted by molar-refractivity contribution is 0.0599. The van der Waals surface area contributed by atoms with Crippen molar-refractivity contribution < 1.29 is 13.9 Å². The highest BCUT2D eigenvalue weighted by molar-refractivity contribution is 5.90. The molecule has 0 aromatic carbocycles. The number of ether oxygens (including phenoxy) is 1. The second-order valence-corrected chi connectivity index (χ2v) is 4.93. The van der Waals surface area contributed by atoms with Gasteiger partial charge in [0, 0.05) is 20.6 Å². The largest absolute Gasteiger partial charge is 0.465 e. The summed E-state index contributed by atoms with van der Waals surface area (Å²) < 4.78 is 10.3. The summed E-state index contributed by atoms with van der Waals surface area (Å²) in [5.41, 5.74) is 0.452. The Morgan fingerprint density at radius 3 is 2.91 bits per heavy atom. The first kappa shape index (κ1) is 17.8. The van der Waals surface area contributed by atoms with Gasteiger partial charge in [-0.2, -0.15) is 0 Å². The van der Waals surface area contributed by atoms with E-state index >= 15 is 0 Å². The molecule has 0 amide bonds. The van der Waals surface area contributed by atoms with E-state index in [9.17, 15) is 4.79 Å². The number of nitrogens with zero attached hydrogens (tertiary/aromatic N) is 2. The van der Waals surface area contributed by atoms with E-state index in [2.05, 4.69) is 16.9 Å². The predicted octanol–water partition coefficient (Wildman–Crippen LogP) is 2.35. The minimum atomic E-state index is -0.390. The summed E-state index contributed by atoms with van der Waals surface area (Å²) in [5.74, 6) is 1.60. The van der Waals surface area contributed by atoms with Crippen LogP contribution in [0.1, 0.15) is 34.7 Å². The maximum absolute atomic E-state index is 11.6. The maximum Gasteiger partial charge on any atom is 0.341 e. The van der Waals surface area contributed by atoms with E-state index in [1.165, 1.54) is 7.11 Å². The van der Waals surface area contributed by atoms with E-state index in [1.807, 2.05) is 18.0 Å². The van der Waals surface area contributed by atoms with Crippen molar-refractivity contribution >= 4 is 11.9 Å². The van der Waals surface area contributed by atoms with E-state index in [0.717, 1.165) is 25.3 Å². The second-order valence-electron chi connectivity index (χ2n) is 4.93. The van der Waals surface area contributed by atoms with Crippen LogP contribution in [0.5, 0.6) is 0 Å². The molecular formula is C16H25N3O3. The zero-order valence-electron chi connectivity index (χ0n) is 13.8. The molecule has 1 aromatic heterocycles. The standard InChI is InChI=1S/C16H25N3O3/c1-6-7-8-9-19(4)16(17-3)18-11-13-10-14(12(2)22-13)15(20)21-5/h6,10H,1,7-9,11H2,2-5H3,(H,17,18). The molecule has 0 saturated heterocycles. The number of carbonyl (C=O) groups excluding carboxylic acids is 1. The molecule has 0 bridgehead atoms. The van der Waals surface area contributed by atoms with Crippen molar-refractivity contribution in [3.8, 4) is 0 Å². The minimum absolute atomic E-state index is 0.390. The van der Waals surface area contributed by atoms with Gasteiger partial charge in [0.05, 0.1) is 13.7 Å². The number of nitrogens with one attached hydrogen (secondary N) is 1. The van der Waals surface area contributed by atoms with Crippen LogP contribution in [-0.4, -0.2) is 44.6 Å². The topological polar surface area (TPSA) is 67.1 Å². The van der Waals surface area contributed by atoms with Crippen LogP contribution in [0.15, 0.2) is 28.1 Å². The summed E-state index contributed by atoms with van der Waals surface area (Å²) in [6.07, 6.45) is 3.90. The van der Waals surface area contributed by atoms with Crippen LogP contribution in [-0.2, 0) is 11.3 Å². The molecule has 0 saturated carbocycles. The molecule has 6 heteroatoms. The van der Waals surface area contributed by atoms with Gasteiger partial charge >= 0.3 is 5.97 Å². The van der Waals surface area contributed by atoms with Gasteiger partial charge in [0.1, 0.15) is 17.1 Å². The number of guanidine groups is 1. The summed E-state index contributed by atoms with van der Waals surface area (Å²) in [5, 5.41) is 3.21. The van der Waals surface area contributed by atoms with Crippen molar-refractivity contribution in [1.82, 2.24) is 10.2 Å². The molecule has 0 aliphatic heterocycles. The molecule has 1 N–H and O–H groups in total. The summed E-state index contributed by atoms with van der Waals surface area (Å²) in [4.78, 5) is 17.8. The monoisotopic (exact) mass is 307 g/mol. The first-order chi connectivity index (χ1) is 10.5. The zero-order valence-corrected chi connectivity index (χ0v) is 13.8. The average Bonchev–Trinajstić information content (AvgIpc) is 2.88. The number of hydrogen-bond donors (Lipinski definition) is 1. The maximum atomic E-state index is 11.6. The summed E-state index contributed by atoms with van der Waals surface area (Å²) in [7, 11) is 5.07. The highest BCUT2D eigenvalue weighted by atomic mass is 16.5. The van der Waals surface area contributed by atoms with Crippen molar-refractivity contribution in [2.45, 2.75) is 26.3 Å². The first-order valence-corrected chi connectivity index (χ1v) is 7.23. The molecule has 122 valence electrons. The quantitative estimate of drug-likeness (QED) is 0.275. The number of aryl methyl sites for hydroxylation is 1. The summed E-state index contributed by atoms with van der Waals surface area (Å²) in [6.45, 7) is 6.80. The number of carbonyl (C=O) groups is 1. The van der Waals surface area contributed by atoms with E-state index < -0.39 is 5.97 Å². The van der Waals surface area contributed by atoms with Gasteiger partial charge in [0.15, 0.2) is 5.96 Å². The van der Waals surface area contributed by atoms with E-state index in [1.54, 1.807) is 20.0 Å². The number of rotatable bonds is 7. The fourth-order valence-corrected chi connectivity index (χ4v) is 2.07. The fourth-order valence-electron chi connectivity index (χ4n) is 2.07. The van der Waals surface area contributed by atoms with Crippen molar-refractivity contribution in [3.63, 3.8) is 0 Å². The third kappa shape index (κ3) is 4.95. The molecule has 0 aliphatic rings. The van der Waals surface area contributed by atoms with Gasteiger partial charge < -0.3 is 19.4 Å². The Balaban J connectivity index is 2.60. The third-order valence-electron chi connectivity index (χ3n) is 3.27. The second kappa shape index (κ2) is 8.92. The molecular weight excluding hydrogens is 282 g/mol. The van der Waals surface area contributed by atoms with Crippen LogP contribution in [0.4, 0.5) is 0 Å². The summed E-state index contributed by atoms with van der Waals surface area (Å²) in [6, 6.07) is 1.69. The number of esters is 1. The van der Waals surface area contributed by atoms with Crippen LogP contribution in [0, 0.1) is 6.92 Å². The van der Waals surface area contributed by atoms with E-state index in [4.69, 9.17) is 9.15 Å². The molecule has 0 radical (unpaired) electrons. The van der Waals surface area contributed by atoms with Gasteiger partial charge in [-0.15, -0.1) is 6.58 Å². The Bertz CT molecular complexity index is 535. The van der Waals surface area contributed by atoms with Crippen molar-refractivity contribution in [2.75, 3.05) is 27.7 Å². The molecule has 0 aliphatic carbocycles. The minimum Gasteiger partial charge on any atom is -0.465 e. The van der Waals surface area contributed by atoms with E-state index in [-0.39, 0.29) is 0 Å². The Kier molecular flexibility index (Phi) is 7.22. The van der Waals surface area contributed by atoms with Gasteiger partial charge in [-0.05, 0) is 25.8 Å². The first-order valence-electron chi connectivity index (χ1n) is 7.23. The number of hydrogen-bond acceptors (Lipinski definition) is 4. The van der Waals surface area contributed by atoms with Crippen LogP contribution >= 0.6 is 0 Å².